The van der Waals surface area contributed by atoms with Crippen molar-refractivity contribution in [2.75, 3.05) is 39.6 Å². The Morgan fingerprint density at radius 2 is 0.453 bits per heavy atom. The van der Waals surface area contributed by atoms with Gasteiger partial charge < -0.3 is 33.8 Å². The van der Waals surface area contributed by atoms with E-state index < -0.39 is 97.5 Å². The van der Waals surface area contributed by atoms with Gasteiger partial charge in [0.25, 0.3) is 0 Å². The van der Waals surface area contributed by atoms with Crippen LogP contribution in [0, 0.1) is 5.92 Å². The number of esters is 4. The van der Waals surface area contributed by atoms with Crippen molar-refractivity contribution in [1.29, 1.82) is 0 Å². The molecule has 0 aliphatic heterocycles. The van der Waals surface area contributed by atoms with Gasteiger partial charge in [-0.3, -0.25) is 37.3 Å². The molecular weight excluding hydrogens is 1380 g/mol. The Bertz CT molecular complexity index is 2020. The number of hydrogen-bond donors (Lipinski definition) is 3. The molecule has 0 saturated heterocycles. The lowest BCUT2D eigenvalue weighted by atomic mass is 9.99. The van der Waals surface area contributed by atoms with Crippen molar-refractivity contribution in [1.82, 2.24) is 0 Å². The molecule has 0 fully saturated rings. The fraction of sp³-hybridized carbons (Fsp3) is 0.954. The van der Waals surface area contributed by atoms with Gasteiger partial charge >= 0.3 is 39.5 Å². The van der Waals surface area contributed by atoms with E-state index in [0.29, 0.717) is 25.7 Å². The van der Waals surface area contributed by atoms with E-state index in [0.717, 1.165) is 95.8 Å². The van der Waals surface area contributed by atoms with Crippen molar-refractivity contribution in [2.24, 2.45) is 5.92 Å². The monoisotopic (exact) mass is 1550 g/mol. The summed E-state index contributed by atoms with van der Waals surface area (Å²) in [7, 11) is -9.93. The molecule has 0 amide bonds. The number of hydrogen-bond acceptors (Lipinski definition) is 15. The van der Waals surface area contributed by atoms with Gasteiger partial charge in [0.2, 0.25) is 0 Å². The third-order valence-corrected chi connectivity index (χ3v) is 22.8. The summed E-state index contributed by atoms with van der Waals surface area (Å²) in [6.45, 7) is 7.42. The molecule has 0 heterocycles. The van der Waals surface area contributed by atoms with E-state index in [1.54, 1.807) is 0 Å². The summed E-state index contributed by atoms with van der Waals surface area (Å²) in [4.78, 5) is 73.2. The molecule has 0 spiro atoms. The molecule has 0 radical (unpaired) electrons. The van der Waals surface area contributed by atoms with Gasteiger partial charge in [-0.1, -0.05) is 420 Å². The summed E-state index contributed by atoms with van der Waals surface area (Å²) in [5, 5.41) is 10.7. The summed E-state index contributed by atoms with van der Waals surface area (Å²) in [6, 6.07) is 0. The molecule has 0 rings (SSSR count). The van der Waals surface area contributed by atoms with Crippen molar-refractivity contribution in [3.05, 3.63) is 0 Å². The van der Waals surface area contributed by atoms with Gasteiger partial charge in [0.05, 0.1) is 26.4 Å². The van der Waals surface area contributed by atoms with Crippen LogP contribution in [0.5, 0.6) is 0 Å². The Labute approximate surface area is 651 Å². The highest BCUT2D eigenvalue weighted by Crippen LogP contribution is 2.45. The van der Waals surface area contributed by atoms with Gasteiger partial charge in [0.1, 0.15) is 19.3 Å². The first-order valence-corrected chi connectivity index (χ1v) is 48.2. The number of aliphatic hydroxyl groups excluding tert-OH is 1. The number of ether oxygens (including phenoxy) is 4. The first kappa shape index (κ1) is 104. The number of rotatable bonds is 87. The average molecular weight is 1550 g/mol. The van der Waals surface area contributed by atoms with Crippen LogP contribution in [0.4, 0.5) is 0 Å². The first-order chi connectivity index (χ1) is 51.6. The average Bonchev–Trinajstić information content (AvgIpc) is 1.21. The summed E-state index contributed by atoms with van der Waals surface area (Å²) in [5.74, 6) is -1.25. The van der Waals surface area contributed by atoms with Crippen molar-refractivity contribution in [3.8, 4) is 0 Å². The van der Waals surface area contributed by atoms with Crippen LogP contribution in [0.1, 0.15) is 471 Å². The minimum absolute atomic E-state index is 0.109. The lowest BCUT2D eigenvalue weighted by Crippen LogP contribution is -2.30. The molecule has 0 saturated carbocycles. The number of unbranched alkanes of at least 4 members (excludes halogenated alkanes) is 58. The summed E-state index contributed by atoms with van der Waals surface area (Å²) >= 11 is 0. The van der Waals surface area contributed by atoms with E-state index in [9.17, 15) is 43.2 Å². The maximum atomic E-state index is 13.2. The molecule has 0 aromatic rings. The highest BCUT2D eigenvalue weighted by molar-refractivity contribution is 7.47. The minimum Gasteiger partial charge on any atom is -0.462 e. The number of phosphoric ester groups is 2. The molecule has 6 atom stereocenters. The molecule has 0 bridgehead atoms. The summed E-state index contributed by atoms with van der Waals surface area (Å²) < 4.78 is 68.9. The summed E-state index contributed by atoms with van der Waals surface area (Å²) in [6.07, 6.45) is 73.6. The zero-order chi connectivity index (χ0) is 77.6. The number of carbonyl (C=O) groups excluding carboxylic acids is 4. The zero-order valence-corrected chi connectivity index (χ0v) is 71.4. The highest BCUT2D eigenvalue weighted by Gasteiger charge is 2.30. The second-order valence-corrected chi connectivity index (χ2v) is 34.4. The van der Waals surface area contributed by atoms with Crippen molar-refractivity contribution in [3.63, 3.8) is 0 Å². The van der Waals surface area contributed by atoms with Gasteiger partial charge in [0, 0.05) is 25.7 Å². The molecule has 0 aliphatic carbocycles. The second-order valence-electron chi connectivity index (χ2n) is 31.5. The molecule has 3 unspecified atom stereocenters. The normalized spacial score (nSPS) is 14.0. The maximum Gasteiger partial charge on any atom is 0.472 e. The minimum atomic E-state index is -4.97. The van der Waals surface area contributed by atoms with Crippen LogP contribution in [-0.2, 0) is 65.4 Å². The molecule has 630 valence electrons. The van der Waals surface area contributed by atoms with Crippen LogP contribution in [0.15, 0.2) is 0 Å². The van der Waals surface area contributed by atoms with E-state index >= 15 is 0 Å². The van der Waals surface area contributed by atoms with E-state index in [1.807, 2.05) is 0 Å². The Morgan fingerprint density at radius 1 is 0.264 bits per heavy atom. The van der Waals surface area contributed by atoms with Crippen molar-refractivity contribution in [2.45, 2.75) is 490 Å². The van der Waals surface area contributed by atoms with Crippen molar-refractivity contribution >= 4 is 39.5 Å². The second kappa shape index (κ2) is 79.7. The van der Waals surface area contributed by atoms with Gasteiger partial charge in [-0.15, -0.1) is 0 Å². The quantitative estimate of drug-likeness (QED) is 0.0222. The number of phosphoric acid groups is 2. The van der Waals surface area contributed by atoms with E-state index in [1.165, 1.54) is 295 Å². The molecule has 0 aliphatic rings. The SMILES string of the molecule is CCCCCCCCCCCCCCCCCCCCCCCCC(=O)O[C@H](COC(=O)CCCCCCCCCCCCCCCCC(C)CC)COP(=O)(O)OC[C@@H](O)COP(=O)(O)OC[C@@H](COC(=O)CCCCCCCCCCCC)OC(=O)CCCCCCCCCCCCCCCCCC. The fourth-order valence-electron chi connectivity index (χ4n) is 13.6. The third kappa shape index (κ3) is 78.7. The van der Waals surface area contributed by atoms with Gasteiger partial charge in [0.15, 0.2) is 12.2 Å². The predicted molar refractivity (Wildman–Crippen MR) is 437 cm³/mol. The Kier molecular flexibility index (Phi) is 78.2. The fourth-order valence-corrected chi connectivity index (χ4v) is 15.2. The van der Waals surface area contributed by atoms with Crippen LogP contribution in [0.3, 0.4) is 0 Å². The lowest BCUT2D eigenvalue weighted by Gasteiger charge is -2.21. The predicted octanol–water partition coefficient (Wildman–Crippen LogP) is 26.8. The van der Waals surface area contributed by atoms with E-state index in [2.05, 4.69) is 34.6 Å². The van der Waals surface area contributed by atoms with Gasteiger partial charge in [-0.05, 0) is 31.6 Å². The zero-order valence-electron chi connectivity index (χ0n) is 69.6. The molecule has 0 aromatic heterocycles. The highest BCUT2D eigenvalue weighted by atomic mass is 31.2. The van der Waals surface area contributed by atoms with E-state index in [-0.39, 0.29) is 25.7 Å². The molecule has 19 heteroatoms. The number of carbonyl (C=O) groups is 4. The molecule has 0 aromatic carbocycles. The van der Waals surface area contributed by atoms with Crippen LogP contribution in [-0.4, -0.2) is 96.7 Å². The largest absolute Gasteiger partial charge is 0.472 e. The Balaban J connectivity index is 5.22. The number of aliphatic hydroxyl groups is 1. The van der Waals surface area contributed by atoms with Gasteiger partial charge in [-0.2, -0.15) is 0 Å². The molecular formula is C87H170O17P2. The van der Waals surface area contributed by atoms with Crippen LogP contribution in [0.25, 0.3) is 0 Å². The lowest BCUT2D eigenvalue weighted by molar-refractivity contribution is -0.161. The summed E-state index contributed by atoms with van der Waals surface area (Å²) in [5.41, 5.74) is 0. The molecule has 17 nitrogen and oxygen atoms in total. The van der Waals surface area contributed by atoms with Crippen LogP contribution < -0.4 is 0 Å². The third-order valence-electron chi connectivity index (χ3n) is 20.9. The van der Waals surface area contributed by atoms with Crippen LogP contribution >= 0.6 is 15.6 Å². The Morgan fingerprint density at radius 3 is 0.670 bits per heavy atom. The maximum absolute atomic E-state index is 13.2. The van der Waals surface area contributed by atoms with E-state index in [4.69, 9.17) is 37.0 Å². The van der Waals surface area contributed by atoms with Crippen molar-refractivity contribution < 1.29 is 80.2 Å². The standard InChI is InChI=1S/C87H170O17P2/c1-6-10-13-16-19-22-25-27-29-31-32-33-34-35-36-38-44-48-53-58-63-68-73-87(92)104-83(77-98-85(90)71-66-61-56-51-46-42-40-39-41-45-49-54-59-64-69-80(5)9-4)79-102-106(95,96)100-75-81(88)74-99-105(93,94)101-78-82(76-97-84(89)70-65-60-55-50-24-21-18-15-12-8-3)103-86(91)72-67-62-57-52-47-43-37-30-28-26-23-20-17-14-11-7-2/h80-83,88H,6-79H2,1-5H3,(H,93,94)(H,95,96)/t80?,81-,82+,83+/m0/s1. The Hall–Kier alpha value is -1.94. The topological polar surface area (TPSA) is 237 Å². The molecule has 3 N–H and O–H groups in total. The van der Waals surface area contributed by atoms with Gasteiger partial charge in [-0.25, -0.2) is 9.13 Å². The first-order valence-electron chi connectivity index (χ1n) is 45.2. The molecule has 106 heavy (non-hydrogen) atoms. The van der Waals surface area contributed by atoms with Crippen LogP contribution in [0.2, 0.25) is 0 Å². The smallest absolute Gasteiger partial charge is 0.462 e.